The van der Waals surface area contributed by atoms with Gasteiger partial charge < -0.3 is 5.11 Å². The van der Waals surface area contributed by atoms with Crippen molar-refractivity contribution in [3.8, 4) is 0 Å². The summed E-state index contributed by atoms with van der Waals surface area (Å²) in [6.07, 6.45) is 2.25. The number of piperazine rings is 1. The van der Waals surface area contributed by atoms with Crippen molar-refractivity contribution in [3.63, 3.8) is 0 Å². The van der Waals surface area contributed by atoms with Gasteiger partial charge in [0, 0.05) is 35.4 Å². The number of hydrogen-bond acceptors (Lipinski definition) is 5. The van der Waals surface area contributed by atoms with Crippen LogP contribution in [-0.2, 0) is 16.6 Å². The van der Waals surface area contributed by atoms with Crippen molar-refractivity contribution in [1.29, 1.82) is 0 Å². The Kier molecular flexibility index (Phi) is 3.89. The van der Waals surface area contributed by atoms with Crippen LogP contribution in [0.15, 0.2) is 16.3 Å². The Hall–Kier alpha value is -0.470. The SMILES string of the molecule is CC1CN2CCCC2CN1S(=O)(=O)c1csc(CO)c1. The highest BCUT2D eigenvalue weighted by molar-refractivity contribution is 7.89. The molecule has 0 radical (unpaired) electrons. The van der Waals surface area contributed by atoms with Crippen LogP contribution in [0.2, 0.25) is 0 Å². The highest BCUT2D eigenvalue weighted by Gasteiger charge is 2.40. The van der Waals surface area contributed by atoms with Crippen molar-refractivity contribution < 1.29 is 13.5 Å². The van der Waals surface area contributed by atoms with Gasteiger partial charge in [-0.3, -0.25) is 4.90 Å². The standard InChI is InChI=1S/C13H20N2O3S2/c1-10-6-14-4-2-3-11(14)7-15(10)20(17,18)13-5-12(8-16)19-9-13/h5,9-11,16H,2-4,6-8H2,1H3. The van der Waals surface area contributed by atoms with Crippen LogP contribution < -0.4 is 0 Å². The highest BCUT2D eigenvalue weighted by Crippen LogP contribution is 2.30. The van der Waals surface area contributed by atoms with Gasteiger partial charge in [0.25, 0.3) is 0 Å². The van der Waals surface area contributed by atoms with E-state index in [2.05, 4.69) is 4.90 Å². The summed E-state index contributed by atoms with van der Waals surface area (Å²) in [4.78, 5) is 3.42. The Morgan fingerprint density at radius 1 is 1.45 bits per heavy atom. The number of thiophene rings is 1. The van der Waals surface area contributed by atoms with Gasteiger partial charge in [-0.15, -0.1) is 11.3 Å². The van der Waals surface area contributed by atoms with E-state index >= 15 is 0 Å². The molecule has 2 unspecified atom stereocenters. The largest absolute Gasteiger partial charge is 0.391 e. The number of fused-ring (bicyclic) bond motifs is 1. The summed E-state index contributed by atoms with van der Waals surface area (Å²) >= 11 is 1.29. The fraction of sp³-hybridized carbons (Fsp3) is 0.692. The van der Waals surface area contributed by atoms with Crippen LogP contribution in [0.25, 0.3) is 0 Å². The summed E-state index contributed by atoms with van der Waals surface area (Å²) in [5.41, 5.74) is 0. The molecule has 3 rings (SSSR count). The normalized spacial score (nSPS) is 28.7. The predicted octanol–water partition coefficient (Wildman–Crippen LogP) is 1.10. The molecule has 112 valence electrons. The van der Waals surface area contributed by atoms with E-state index in [4.69, 9.17) is 5.11 Å². The fourth-order valence-electron chi connectivity index (χ4n) is 3.21. The molecule has 2 saturated heterocycles. The smallest absolute Gasteiger partial charge is 0.244 e. The molecule has 2 aliphatic rings. The van der Waals surface area contributed by atoms with Crippen LogP contribution in [0.4, 0.5) is 0 Å². The topological polar surface area (TPSA) is 60.9 Å². The summed E-state index contributed by atoms with van der Waals surface area (Å²) in [7, 11) is -3.43. The van der Waals surface area contributed by atoms with Gasteiger partial charge in [0.05, 0.1) is 11.5 Å². The van der Waals surface area contributed by atoms with Gasteiger partial charge in [-0.25, -0.2) is 8.42 Å². The molecule has 20 heavy (non-hydrogen) atoms. The number of sulfonamides is 1. The molecular weight excluding hydrogens is 296 g/mol. The van der Waals surface area contributed by atoms with Crippen molar-refractivity contribution in [3.05, 3.63) is 16.3 Å². The van der Waals surface area contributed by atoms with Gasteiger partial charge in [-0.1, -0.05) is 0 Å². The van der Waals surface area contributed by atoms with Gasteiger partial charge >= 0.3 is 0 Å². The minimum Gasteiger partial charge on any atom is -0.391 e. The van der Waals surface area contributed by atoms with Crippen molar-refractivity contribution >= 4 is 21.4 Å². The Labute approximate surface area is 123 Å². The van der Waals surface area contributed by atoms with Gasteiger partial charge in [-0.05, 0) is 32.4 Å². The maximum atomic E-state index is 12.7. The van der Waals surface area contributed by atoms with Crippen molar-refractivity contribution in [2.45, 2.75) is 43.4 Å². The fourth-order valence-corrected chi connectivity index (χ4v) is 5.99. The zero-order chi connectivity index (χ0) is 14.3. The molecule has 1 N–H and O–H groups in total. The summed E-state index contributed by atoms with van der Waals surface area (Å²) in [6.45, 7) is 4.38. The lowest BCUT2D eigenvalue weighted by Gasteiger charge is -2.41. The van der Waals surface area contributed by atoms with Crippen LogP contribution in [0, 0.1) is 0 Å². The lowest BCUT2D eigenvalue weighted by molar-refractivity contribution is 0.117. The van der Waals surface area contributed by atoms with Crippen LogP contribution >= 0.6 is 11.3 Å². The van der Waals surface area contributed by atoms with E-state index in [1.54, 1.807) is 15.8 Å². The molecule has 1 aromatic rings. The number of hydrogen-bond donors (Lipinski definition) is 1. The molecule has 0 aromatic carbocycles. The van der Waals surface area contributed by atoms with Crippen molar-refractivity contribution in [2.24, 2.45) is 0 Å². The second kappa shape index (κ2) is 5.38. The van der Waals surface area contributed by atoms with Crippen LogP contribution in [0.1, 0.15) is 24.6 Å². The Morgan fingerprint density at radius 2 is 2.25 bits per heavy atom. The molecule has 1 aromatic heterocycles. The van der Waals surface area contributed by atoms with E-state index in [9.17, 15) is 8.42 Å². The Morgan fingerprint density at radius 3 is 2.95 bits per heavy atom. The van der Waals surface area contributed by atoms with E-state index in [1.165, 1.54) is 17.8 Å². The Bertz CT molecular complexity index is 584. The summed E-state index contributed by atoms with van der Waals surface area (Å²) in [5, 5.41) is 10.7. The van der Waals surface area contributed by atoms with E-state index in [-0.39, 0.29) is 12.6 Å². The summed E-state index contributed by atoms with van der Waals surface area (Å²) in [6, 6.07) is 1.97. The first-order valence-electron chi connectivity index (χ1n) is 6.96. The third kappa shape index (κ3) is 2.42. The quantitative estimate of drug-likeness (QED) is 0.907. The molecule has 2 atom stereocenters. The minimum atomic E-state index is -3.43. The third-order valence-electron chi connectivity index (χ3n) is 4.27. The molecule has 7 heteroatoms. The maximum Gasteiger partial charge on any atom is 0.244 e. The van der Waals surface area contributed by atoms with E-state index in [1.807, 2.05) is 6.92 Å². The first kappa shape index (κ1) is 14.5. The predicted molar refractivity (Wildman–Crippen MR) is 78.2 cm³/mol. The zero-order valence-corrected chi connectivity index (χ0v) is 13.2. The first-order chi connectivity index (χ1) is 9.52. The lowest BCUT2D eigenvalue weighted by atomic mass is 10.1. The number of nitrogens with zero attached hydrogens (tertiary/aromatic N) is 2. The second-order valence-electron chi connectivity index (χ2n) is 5.62. The third-order valence-corrected chi connectivity index (χ3v) is 7.30. The zero-order valence-electron chi connectivity index (χ0n) is 11.5. The lowest BCUT2D eigenvalue weighted by Crippen LogP contribution is -2.56. The number of aliphatic hydroxyl groups is 1. The average Bonchev–Trinajstić information content (AvgIpc) is 3.05. The van der Waals surface area contributed by atoms with Crippen LogP contribution in [0.3, 0.4) is 0 Å². The molecule has 0 bridgehead atoms. The molecule has 0 spiro atoms. The van der Waals surface area contributed by atoms with Crippen molar-refractivity contribution in [2.75, 3.05) is 19.6 Å². The molecule has 2 aliphatic heterocycles. The van der Waals surface area contributed by atoms with E-state index in [0.717, 1.165) is 19.5 Å². The molecule has 5 nitrogen and oxygen atoms in total. The molecule has 0 aliphatic carbocycles. The molecule has 0 amide bonds. The summed E-state index contributed by atoms with van der Waals surface area (Å²) in [5.74, 6) is 0. The minimum absolute atomic E-state index is 0.00632. The highest BCUT2D eigenvalue weighted by atomic mass is 32.2. The Balaban J connectivity index is 1.86. The molecule has 3 heterocycles. The second-order valence-corrected chi connectivity index (χ2v) is 8.51. The van der Waals surface area contributed by atoms with Gasteiger partial charge in [0.1, 0.15) is 0 Å². The number of rotatable bonds is 3. The first-order valence-corrected chi connectivity index (χ1v) is 9.28. The summed E-state index contributed by atoms with van der Waals surface area (Å²) < 4.78 is 27.1. The van der Waals surface area contributed by atoms with Crippen LogP contribution in [-0.4, -0.2) is 54.4 Å². The number of aliphatic hydroxyl groups excluding tert-OH is 1. The van der Waals surface area contributed by atoms with Gasteiger partial charge in [0.2, 0.25) is 10.0 Å². The van der Waals surface area contributed by atoms with Gasteiger partial charge in [-0.2, -0.15) is 4.31 Å². The average molecular weight is 316 g/mol. The molecule has 0 saturated carbocycles. The van der Waals surface area contributed by atoms with Gasteiger partial charge in [0.15, 0.2) is 0 Å². The van der Waals surface area contributed by atoms with E-state index < -0.39 is 10.0 Å². The van der Waals surface area contributed by atoms with Crippen LogP contribution in [0.5, 0.6) is 0 Å². The van der Waals surface area contributed by atoms with Crippen molar-refractivity contribution in [1.82, 2.24) is 9.21 Å². The molecule has 2 fully saturated rings. The molecular formula is C13H20N2O3S2. The monoisotopic (exact) mass is 316 g/mol. The maximum absolute atomic E-state index is 12.7. The van der Waals surface area contributed by atoms with E-state index in [0.29, 0.717) is 22.4 Å².